The zero-order valence-electron chi connectivity index (χ0n) is 13.1. The number of hydrogen-bond donors (Lipinski definition) is 2. The summed E-state index contributed by atoms with van der Waals surface area (Å²) in [6.45, 7) is 0.0812. The third kappa shape index (κ3) is 7.16. The van der Waals surface area contributed by atoms with Gasteiger partial charge in [-0.3, -0.25) is 4.79 Å². The van der Waals surface area contributed by atoms with Crippen LogP contribution < -0.4 is 10.1 Å². The maximum atomic E-state index is 12.1. The normalized spacial score (nSPS) is 12.4. The second kappa shape index (κ2) is 8.37. The van der Waals surface area contributed by atoms with E-state index < -0.39 is 30.7 Å². The lowest BCUT2D eigenvalue weighted by molar-refractivity contribution is -0.154. The SMILES string of the molecule is CC(CN(C)C(=O)NCc1ccnc(OCC(F)(F)F)c1)C(=O)O. The summed E-state index contributed by atoms with van der Waals surface area (Å²) in [4.78, 5) is 27.5. The van der Waals surface area contributed by atoms with Crippen LogP contribution in [0.5, 0.6) is 5.88 Å². The molecule has 0 aliphatic carbocycles. The van der Waals surface area contributed by atoms with E-state index >= 15 is 0 Å². The molecule has 0 saturated heterocycles. The fourth-order valence-electron chi connectivity index (χ4n) is 1.68. The molecule has 0 aliphatic rings. The van der Waals surface area contributed by atoms with Crippen LogP contribution in [0.4, 0.5) is 18.0 Å². The number of ether oxygens (including phenoxy) is 1. The predicted molar refractivity (Wildman–Crippen MR) is 77.5 cm³/mol. The highest BCUT2D eigenvalue weighted by atomic mass is 19.4. The van der Waals surface area contributed by atoms with Gasteiger partial charge in [-0.25, -0.2) is 9.78 Å². The Labute approximate surface area is 136 Å². The van der Waals surface area contributed by atoms with Crippen molar-refractivity contribution in [1.29, 1.82) is 0 Å². The highest BCUT2D eigenvalue weighted by Gasteiger charge is 2.28. The fourth-order valence-corrected chi connectivity index (χ4v) is 1.68. The molecule has 10 heteroatoms. The first-order valence-electron chi connectivity index (χ1n) is 6.94. The van der Waals surface area contributed by atoms with Crippen LogP contribution in [0.15, 0.2) is 18.3 Å². The van der Waals surface area contributed by atoms with Gasteiger partial charge in [-0.05, 0) is 11.6 Å². The Hall–Kier alpha value is -2.52. The molecule has 1 atom stereocenters. The molecule has 0 radical (unpaired) electrons. The van der Waals surface area contributed by atoms with E-state index in [1.165, 1.54) is 37.2 Å². The van der Waals surface area contributed by atoms with Gasteiger partial charge in [-0.15, -0.1) is 0 Å². The fraction of sp³-hybridized carbons (Fsp3) is 0.500. The molecule has 0 fully saturated rings. The monoisotopic (exact) mass is 349 g/mol. The van der Waals surface area contributed by atoms with Crippen molar-refractivity contribution in [3.05, 3.63) is 23.9 Å². The molecule has 1 aromatic rings. The molecule has 0 aromatic carbocycles. The van der Waals surface area contributed by atoms with Crippen molar-refractivity contribution < 1.29 is 32.6 Å². The number of aromatic nitrogens is 1. The number of carboxylic acids is 1. The van der Waals surface area contributed by atoms with Crippen molar-refractivity contribution in [3.63, 3.8) is 0 Å². The number of carbonyl (C=O) groups is 2. The Morgan fingerprint density at radius 1 is 1.46 bits per heavy atom. The first-order chi connectivity index (χ1) is 11.1. The van der Waals surface area contributed by atoms with E-state index in [1.807, 2.05) is 0 Å². The zero-order chi connectivity index (χ0) is 18.3. The maximum Gasteiger partial charge on any atom is 0.422 e. The average molecular weight is 349 g/mol. The van der Waals surface area contributed by atoms with E-state index in [9.17, 15) is 22.8 Å². The molecule has 2 N–H and O–H groups in total. The topological polar surface area (TPSA) is 91.8 Å². The van der Waals surface area contributed by atoms with Crippen LogP contribution in [0.25, 0.3) is 0 Å². The van der Waals surface area contributed by atoms with Crippen molar-refractivity contribution in [1.82, 2.24) is 15.2 Å². The summed E-state index contributed by atoms with van der Waals surface area (Å²) in [6, 6.07) is 2.30. The predicted octanol–water partition coefficient (Wildman–Crippen LogP) is 1.88. The van der Waals surface area contributed by atoms with E-state index in [4.69, 9.17) is 5.11 Å². The van der Waals surface area contributed by atoms with Gasteiger partial charge in [-0.2, -0.15) is 13.2 Å². The van der Waals surface area contributed by atoms with E-state index in [-0.39, 0.29) is 19.0 Å². The lowest BCUT2D eigenvalue weighted by Gasteiger charge is -2.20. The number of aliphatic carboxylic acids is 1. The minimum Gasteiger partial charge on any atom is -0.481 e. The molecule has 0 saturated carbocycles. The Morgan fingerprint density at radius 2 is 2.12 bits per heavy atom. The molecule has 7 nitrogen and oxygen atoms in total. The van der Waals surface area contributed by atoms with Crippen LogP contribution in [0.2, 0.25) is 0 Å². The molecule has 1 heterocycles. The molecule has 1 aromatic heterocycles. The highest BCUT2D eigenvalue weighted by molar-refractivity contribution is 5.75. The van der Waals surface area contributed by atoms with E-state index in [0.29, 0.717) is 5.56 Å². The van der Waals surface area contributed by atoms with Crippen LogP contribution in [-0.2, 0) is 11.3 Å². The van der Waals surface area contributed by atoms with Crippen LogP contribution in [0.3, 0.4) is 0 Å². The third-order valence-corrected chi connectivity index (χ3v) is 2.94. The van der Waals surface area contributed by atoms with Gasteiger partial charge < -0.3 is 20.1 Å². The van der Waals surface area contributed by atoms with Crippen LogP contribution in [-0.4, -0.2) is 53.4 Å². The molecule has 1 rings (SSSR count). The van der Waals surface area contributed by atoms with Gasteiger partial charge in [-0.1, -0.05) is 6.92 Å². The lowest BCUT2D eigenvalue weighted by atomic mass is 10.2. The minimum absolute atomic E-state index is 0.0253. The standard InChI is InChI=1S/C14H18F3N3O4/c1-9(12(21)22)7-20(2)13(23)19-6-10-3-4-18-11(5-10)24-8-14(15,16)17/h3-5,9H,6-8H2,1-2H3,(H,19,23)(H,21,22). The number of nitrogens with zero attached hydrogens (tertiary/aromatic N) is 2. The van der Waals surface area contributed by atoms with Crippen molar-refractivity contribution in [2.45, 2.75) is 19.6 Å². The number of carboxylic acid groups (broad SMARTS) is 1. The molecule has 134 valence electrons. The van der Waals surface area contributed by atoms with E-state index in [1.54, 1.807) is 0 Å². The number of urea groups is 1. The first kappa shape index (κ1) is 19.5. The Morgan fingerprint density at radius 3 is 2.71 bits per heavy atom. The van der Waals surface area contributed by atoms with Gasteiger partial charge >= 0.3 is 18.2 Å². The third-order valence-electron chi connectivity index (χ3n) is 2.94. The Balaban J connectivity index is 2.52. The highest BCUT2D eigenvalue weighted by Crippen LogP contribution is 2.17. The average Bonchev–Trinajstić information content (AvgIpc) is 2.50. The molecule has 0 aliphatic heterocycles. The number of rotatable bonds is 7. The number of carbonyl (C=O) groups excluding carboxylic acids is 1. The quantitative estimate of drug-likeness (QED) is 0.784. The van der Waals surface area contributed by atoms with Gasteiger partial charge in [0.2, 0.25) is 5.88 Å². The molecular weight excluding hydrogens is 331 g/mol. The van der Waals surface area contributed by atoms with E-state index in [0.717, 1.165) is 0 Å². The Kier molecular flexibility index (Phi) is 6.81. The zero-order valence-corrected chi connectivity index (χ0v) is 13.1. The molecule has 0 bridgehead atoms. The van der Waals surface area contributed by atoms with E-state index in [2.05, 4.69) is 15.0 Å². The summed E-state index contributed by atoms with van der Waals surface area (Å²) in [6.07, 6.45) is -3.20. The number of halogens is 3. The molecule has 2 amide bonds. The second-order valence-electron chi connectivity index (χ2n) is 5.18. The second-order valence-corrected chi connectivity index (χ2v) is 5.18. The van der Waals surface area contributed by atoms with Crippen molar-refractivity contribution >= 4 is 12.0 Å². The smallest absolute Gasteiger partial charge is 0.422 e. The minimum atomic E-state index is -4.46. The maximum absolute atomic E-state index is 12.1. The van der Waals surface area contributed by atoms with Gasteiger partial charge in [0.1, 0.15) is 0 Å². The summed E-state index contributed by atoms with van der Waals surface area (Å²) in [5, 5.41) is 11.3. The van der Waals surface area contributed by atoms with Gasteiger partial charge in [0, 0.05) is 32.4 Å². The molecule has 1 unspecified atom stereocenters. The number of amides is 2. The number of pyridine rings is 1. The summed E-state index contributed by atoms with van der Waals surface area (Å²) in [5.41, 5.74) is 0.496. The summed E-state index contributed by atoms with van der Waals surface area (Å²) in [5.74, 6) is -1.94. The summed E-state index contributed by atoms with van der Waals surface area (Å²) < 4.78 is 40.8. The van der Waals surface area contributed by atoms with Gasteiger partial charge in [0.15, 0.2) is 6.61 Å². The van der Waals surface area contributed by atoms with Crippen LogP contribution in [0.1, 0.15) is 12.5 Å². The number of hydrogen-bond acceptors (Lipinski definition) is 4. The number of nitrogens with one attached hydrogen (secondary N) is 1. The Bertz CT molecular complexity index is 581. The number of alkyl halides is 3. The molecule has 0 spiro atoms. The molecular formula is C14H18F3N3O4. The van der Waals surface area contributed by atoms with Gasteiger partial charge in [0.05, 0.1) is 5.92 Å². The van der Waals surface area contributed by atoms with Gasteiger partial charge in [0.25, 0.3) is 0 Å². The van der Waals surface area contributed by atoms with Crippen molar-refractivity contribution in [2.75, 3.05) is 20.2 Å². The van der Waals surface area contributed by atoms with Crippen LogP contribution >= 0.6 is 0 Å². The molecule has 24 heavy (non-hydrogen) atoms. The summed E-state index contributed by atoms with van der Waals surface area (Å²) in [7, 11) is 1.44. The summed E-state index contributed by atoms with van der Waals surface area (Å²) >= 11 is 0. The largest absolute Gasteiger partial charge is 0.481 e. The lowest BCUT2D eigenvalue weighted by Crippen LogP contribution is -2.40. The van der Waals surface area contributed by atoms with Crippen LogP contribution in [0, 0.1) is 5.92 Å². The van der Waals surface area contributed by atoms with Crippen molar-refractivity contribution in [2.24, 2.45) is 5.92 Å². The first-order valence-corrected chi connectivity index (χ1v) is 6.94. The van der Waals surface area contributed by atoms with Crippen molar-refractivity contribution in [3.8, 4) is 5.88 Å².